The fraction of sp³-hybridized carbons (Fsp3) is 0.625. The Labute approximate surface area is 75.7 Å². The molecule has 1 rings (SSSR count). The first-order chi connectivity index (χ1) is 5.90. The molecule has 0 radical (unpaired) electrons. The van der Waals surface area contributed by atoms with Gasteiger partial charge < -0.3 is 19.3 Å². The van der Waals surface area contributed by atoms with Crippen molar-refractivity contribution in [1.29, 1.82) is 0 Å². The highest BCUT2D eigenvalue weighted by atomic mass is 16.6. The number of carbonyl (C=O) groups excluding carboxylic acids is 2. The SMILES string of the molecule is CC(C)(C)OC(=O)C1O[C-]=NC1=O. The zero-order valence-corrected chi connectivity index (χ0v) is 7.66. The molecule has 0 aromatic rings. The van der Waals surface area contributed by atoms with Crippen LogP contribution in [0.25, 0.3) is 0 Å². The van der Waals surface area contributed by atoms with Gasteiger partial charge in [0.25, 0.3) is 0 Å². The van der Waals surface area contributed by atoms with E-state index < -0.39 is 23.6 Å². The molecule has 0 N–H and O–H groups in total. The first-order valence-corrected chi connectivity index (χ1v) is 3.78. The second-order valence-electron chi connectivity index (χ2n) is 3.57. The van der Waals surface area contributed by atoms with Crippen LogP contribution in [0.3, 0.4) is 0 Å². The fourth-order valence-corrected chi connectivity index (χ4v) is 0.737. The Morgan fingerprint density at radius 2 is 2.23 bits per heavy atom. The second-order valence-corrected chi connectivity index (χ2v) is 3.57. The molecule has 5 heteroatoms. The van der Waals surface area contributed by atoms with Gasteiger partial charge in [0.2, 0.25) is 0 Å². The smallest absolute Gasteiger partial charge is 0.337 e. The van der Waals surface area contributed by atoms with Gasteiger partial charge in [0.15, 0.2) is 6.10 Å². The normalized spacial score (nSPS) is 21.5. The fourth-order valence-electron chi connectivity index (χ4n) is 0.737. The molecule has 13 heavy (non-hydrogen) atoms. The molecule has 1 heterocycles. The Balaban J connectivity index is 2.55. The van der Waals surface area contributed by atoms with Crippen LogP contribution < -0.4 is 0 Å². The maximum Gasteiger partial charge on any atom is 0.337 e. The lowest BCUT2D eigenvalue weighted by molar-refractivity contribution is -0.164. The van der Waals surface area contributed by atoms with Crippen molar-refractivity contribution in [2.45, 2.75) is 32.5 Å². The maximum atomic E-state index is 11.2. The number of aliphatic imine (C=N–C) groups is 1. The number of esters is 1. The molecule has 0 saturated heterocycles. The molecule has 1 amide bonds. The third-order valence-electron chi connectivity index (χ3n) is 1.17. The van der Waals surface area contributed by atoms with Crippen LogP contribution in [0, 0.1) is 0 Å². The molecule has 1 aliphatic heterocycles. The Morgan fingerprint density at radius 3 is 2.62 bits per heavy atom. The molecule has 0 spiro atoms. The Morgan fingerprint density at radius 1 is 1.62 bits per heavy atom. The van der Waals surface area contributed by atoms with E-state index in [1.807, 2.05) is 6.40 Å². The van der Waals surface area contributed by atoms with Crippen LogP contribution in [-0.2, 0) is 19.1 Å². The molecule has 1 unspecified atom stereocenters. The summed E-state index contributed by atoms with van der Waals surface area (Å²) >= 11 is 0. The van der Waals surface area contributed by atoms with Crippen LogP contribution in [0.15, 0.2) is 4.99 Å². The van der Waals surface area contributed by atoms with Gasteiger partial charge in [0, 0.05) is 6.40 Å². The van der Waals surface area contributed by atoms with Gasteiger partial charge in [-0.15, -0.1) is 0 Å². The Kier molecular flexibility index (Phi) is 2.36. The topological polar surface area (TPSA) is 65.0 Å². The molecule has 1 atom stereocenters. The summed E-state index contributed by atoms with van der Waals surface area (Å²) in [6.07, 6.45) is 0.699. The lowest BCUT2D eigenvalue weighted by Crippen LogP contribution is -2.35. The van der Waals surface area contributed by atoms with Crippen molar-refractivity contribution in [2.75, 3.05) is 0 Å². The van der Waals surface area contributed by atoms with E-state index in [1.165, 1.54) is 0 Å². The van der Waals surface area contributed by atoms with Gasteiger partial charge in [-0.1, -0.05) is 0 Å². The number of amides is 1. The molecule has 0 saturated carbocycles. The van der Waals surface area contributed by atoms with E-state index in [-0.39, 0.29) is 0 Å². The summed E-state index contributed by atoms with van der Waals surface area (Å²) in [4.78, 5) is 25.2. The van der Waals surface area contributed by atoms with Crippen molar-refractivity contribution >= 4 is 18.3 Å². The highest BCUT2D eigenvalue weighted by molar-refractivity contribution is 6.06. The predicted molar refractivity (Wildman–Crippen MR) is 43.2 cm³/mol. The zero-order valence-electron chi connectivity index (χ0n) is 7.66. The summed E-state index contributed by atoms with van der Waals surface area (Å²) in [6, 6.07) is 0. The highest BCUT2D eigenvalue weighted by Crippen LogP contribution is 2.11. The average Bonchev–Trinajstić information content (AvgIpc) is 2.30. The van der Waals surface area contributed by atoms with E-state index in [9.17, 15) is 9.59 Å². The van der Waals surface area contributed by atoms with Gasteiger partial charge in [0.1, 0.15) is 11.5 Å². The summed E-state index contributed by atoms with van der Waals surface area (Å²) in [5, 5.41) is 0. The molecule has 1 aliphatic rings. The van der Waals surface area contributed by atoms with Crippen LogP contribution in [0.1, 0.15) is 20.8 Å². The molecule has 0 fully saturated rings. The number of nitrogens with zero attached hydrogens (tertiary/aromatic N) is 1. The molecule has 72 valence electrons. The third-order valence-corrected chi connectivity index (χ3v) is 1.17. The summed E-state index contributed by atoms with van der Waals surface area (Å²) in [7, 11) is 0. The molecular formula is C8H10NO4-. The first-order valence-electron chi connectivity index (χ1n) is 3.78. The predicted octanol–water partition coefficient (Wildman–Crippen LogP) is 0.159. The van der Waals surface area contributed by atoms with Gasteiger partial charge in [-0.3, -0.25) is 0 Å². The monoisotopic (exact) mass is 184 g/mol. The van der Waals surface area contributed by atoms with E-state index in [1.54, 1.807) is 20.8 Å². The molecule has 0 bridgehead atoms. The first kappa shape index (κ1) is 9.70. The minimum atomic E-state index is -1.26. The molecule has 0 aliphatic carbocycles. The van der Waals surface area contributed by atoms with Crippen molar-refractivity contribution in [3.63, 3.8) is 0 Å². The molecule has 5 nitrogen and oxygen atoms in total. The lowest BCUT2D eigenvalue weighted by Gasteiger charge is -2.22. The number of rotatable bonds is 1. The van der Waals surface area contributed by atoms with Crippen molar-refractivity contribution in [3.8, 4) is 0 Å². The van der Waals surface area contributed by atoms with Crippen LogP contribution in [0.2, 0.25) is 0 Å². The number of ether oxygens (including phenoxy) is 2. The molecule has 0 aromatic carbocycles. The van der Waals surface area contributed by atoms with Gasteiger partial charge in [0.05, 0.1) is 0 Å². The van der Waals surface area contributed by atoms with Crippen molar-refractivity contribution < 1.29 is 19.1 Å². The van der Waals surface area contributed by atoms with Crippen molar-refractivity contribution in [3.05, 3.63) is 0 Å². The third kappa shape index (κ3) is 2.54. The van der Waals surface area contributed by atoms with Crippen LogP contribution in [-0.4, -0.2) is 30.0 Å². The summed E-state index contributed by atoms with van der Waals surface area (Å²) in [6.45, 7) is 5.11. The van der Waals surface area contributed by atoms with Crippen molar-refractivity contribution in [2.24, 2.45) is 4.99 Å². The largest absolute Gasteiger partial charge is 0.567 e. The van der Waals surface area contributed by atoms with E-state index in [0.29, 0.717) is 0 Å². The van der Waals surface area contributed by atoms with E-state index in [4.69, 9.17) is 4.74 Å². The van der Waals surface area contributed by atoms with Gasteiger partial charge in [-0.05, 0) is 20.8 Å². The van der Waals surface area contributed by atoms with Crippen LogP contribution in [0.5, 0.6) is 0 Å². The minimum Gasteiger partial charge on any atom is -0.567 e. The summed E-state index contributed by atoms with van der Waals surface area (Å²) < 4.78 is 9.44. The Bertz CT molecular complexity index is 264. The highest BCUT2D eigenvalue weighted by Gasteiger charge is 2.27. The van der Waals surface area contributed by atoms with Gasteiger partial charge in [-0.25, -0.2) is 4.79 Å². The van der Waals surface area contributed by atoms with Gasteiger partial charge in [-0.2, -0.15) is 0 Å². The zero-order chi connectivity index (χ0) is 10.1. The summed E-state index contributed by atoms with van der Waals surface area (Å²) in [5.74, 6) is -1.40. The summed E-state index contributed by atoms with van der Waals surface area (Å²) in [5.41, 5.74) is -0.636. The van der Waals surface area contributed by atoms with Gasteiger partial charge >= 0.3 is 5.97 Å². The quantitative estimate of drug-likeness (QED) is 0.331. The average molecular weight is 184 g/mol. The second kappa shape index (κ2) is 3.16. The van der Waals surface area contributed by atoms with E-state index in [0.717, 1.165) is 0 Å². The van der Waals surface area contributed by atoms with Crippen molar-refractivity contribution in [1.82, 2.24) is 0 Å². The van der Waals surface area contributed by atoms with Crippen LogP contribution in [0.4, 0.5) is 0 Å². The standard InChI is InChI=1S/C8H10NO4/c1-8(2,3)13-7(11)5-6(10)9-4-12-5/h5H,1-3H3/q-1. The van der Waals surface area contributed by atoms with E-state index >= 15 is 0 Å². The molecular weight excluding hydrogens is 174 g/mol. The molecule has 0 aromatic heterocycles. The number of hydrogen-bond donors (Lipinski definition) is 0. The number of carbonyl (C=O) groups is 2. The lowest BCUT2D eigenvalue weighted by atomic mass is 10.2. The minimum absolute atomic E-state index is 0.636. The van der Waals surface area contributed by atoms with Crippen LogP contribution >= 0.6 is 0 Å². The maximum absolute atomic E-state index is 11.2. The number of hydrogen-bond acceptors (Lipinski definition) is 4. The van der Waals surface area contributed by atoms with E-state index in [2.05, 4.69) is 9.73 Å². The Hall–Kier alpha value is -1.39.